The summed E-state index contributed by atoms with van der Waals surface area (Å²) >= 11 is 3.60. The summed E-state index contributed by atoms with van der Waals surface area (Å²) in [5, 5.41) is 0.685. The molecular formula is C26H22BrNO4S. The molecule has 0 aliphatic heterocycles. The molecular weight excluding hydrogens is 502 g/mol. The monoisotopic (exact) mass is 523 g/mol. The highest BCUT2D eigenvalue weighted by molar-refractivity contribution is 9.15. The van der Waals surface area contributed by atoms with Crippen molar-refractivity contribution in [2.75, 3.05) is 6.61 Å². The van der Waals surface area contributed by atoms with Crippen LogP contribution in [0.3, 0.4) is 0 Å². The van der Waals surface area contributed by atoms with Crippen LogP contribution in [0, 0.1) is 0 Å². The number of fused-ring (bicyclic) bond motifs is 1. The van der Waals surface area contributed by atoms with Crippen molar-refractivity contribution in [3.05, 3.63) is 108 Å². The molecule has 0 saturated heterocycles. The third-order valence-electron chi connectivity index (χ3n) is 5.22. The molecule has 0 N–H and O–H groups in total. The van der Waals surface area contributed by atoms with E-state index in [1.807, 2.05) is 48.5 Å². The summed E-state index contributed by atoms with van der Waals surface area (Å²) in [5.41, 5.74) is 2.03. The van der Waals surface area contributed by atoms with Gasteiger partial charge in [0.15, 0.2) is 0 Å². The van der Waals surface area contributed by atoms with Crippen LogP contribution in [0.25, 0.3) is 15.4 Å². The van der Waals surface area contributed by atoms with Crippen LogP contribution in [-0.4, -0.2) is 25.0 Å². The highest BCUT2D eigenvalue weighted by Crippen LogP contribution is 2.33. The summed E-state index contributed by atoms with van der Waals surface area (Å²) < 4.78 is 34.6. The highest BCUT2D eigenvalue weighted by Gasteiger charge is 2.30. The molecule has 4 rings (SSSR count). The number of carbonyl (C=O) groups is 1. The van der Waals surface area contributed by atoms with Gasteiger partial charge in [-0.2, -0.15) is 0 Å². The maximum absolute atomic E-state index is 13.7. The van der Waals surface area contributed by atoms with E-state index in [1.54, 1.807) is 37.3 Å². The van der Waals surface area contributed by atoms with Crippen LogP contribution in [0.2, 0.25) is 0 Å². The van der Waals surface area contributed by atoms with E-state index in [0.717, 1.165) is 14.0 Å². The van der Waals surface area contributed by atoms with Crippen LogP contribution in [0.15, 0.2) is 95.9 Å². The van der Waals surface area contributed by atoms with Gasteiger partial charge in [0.2, 0.25) is 0 Å². The lowest BCUT2D eigenvalue weighted by Gasteiger charge is -2.12. The molecule has 5 nitrogen and oxygen atoms in total. The van der Waals surface area contributed by atoms with Gasteiger partial charge in [0.05, 0.1) is 17.0 Å². The lowest BCUT2D eigenvalue weighted by Crippen LogP contribution is -2.21. The Morgan fingerprint density at radius 2 is 1.55 bits per heavy atom. The van der Waals surface area contributed by atoms with Crippen molar-refractivity contribution in [2.24, 2.45) is 0 Å². The molecule has 0 spiro atoms. The quantitative estimate of drug-likeness (QED) is 0.277. The number of hydrogen-bond donors (Lipinski definition) is 0. The van der Waals surface area contributed by atoms with Gasteiger partial charge in [-0.25, -0.2) is 17.2 Å². The fourth-order valence-corrected chi connectivity index (χ4v) is 5.72. The summed E-state index contributed by atoms with van der Waals surface area (Å²) in [6, 6.07) is 25.0. The van der Waals surface area contributed by atoms with Crippen LogP contribution in [0.1, 0.15) is 28.5 Å². The van der Waals surface area contributed by atoms with Crippen molar-refractivity contribution < 1.29 is 17.9 Å². The molecule has 1 aromatic heterocycles. The number of nitrogens with zero attached hydrogens (tertiary/aromatic N) is 1. The Bertz CT molecular complexity index is 1430. The summed E-state index contributed by atoms with van der Waals surface area (Å²) in [5.74, 6) is -0.674. The number of hydrogen-bond acceptors (Lipinski definition) is 4. The molecule has 0 unspecified atom stereocenters. The molecule has 4 aromatic rings. The minimum atomic E-state index is -4.05. The van der Waals surface area contributed by atoms with E-state index >= 15 is 0 Å². The van der Waals surface area contributed by atoms with Crippen molar-refractivity contribution >= 4 is 47.3 Å². The number of carbonyl (C=O) groups excluding carboxylic acids is 1. The highest BCUT2D eigenvalue weighted by atomic mass is 79.9. The number of esters is 1. The first kappa shape index (κ1) is 23.0. The first-order chi connectivity index (χ1) is 15.9. The molecule has 0 amide bonds. The zero-order chi connectivity index (χ0) is 23.4. The third kappa shape index (κ3) is 4.51. The van der Waals surface area contributed by atoms with E-state index in [-0.39, 0.29) is 17.2 Å². The van der Waals surface area contributed by atoms with E-state index < -0.39 is 16.0 Å². The smallest absolute Gasteiger partial charge is 0.356 e. The van der Waals surface area contributed by atoms with Crippen LogP contribution in [-0.2, 0) is 21.2 Å². The second kappa shape index (κ2) is 9.77. The van der Waals surface area contributed by atoms with Gasteiger partial charge >= 0.3 is 5.97 Å². The molecule has 0 fully saturated rings. The summed E-state index contributed by atoms with van der Waals surface area (Å²) in [7, 11) is -4.05. The number of aromatic nitrogens is 1. The number of benzene rings is 3. The second-order valence-electron chi connectivity index (χ2n) is 7.27. The van der Waals surface area contributed by atoms with Gasteiger partial charge in [0.1, 0.15) is 5.69 Å². The van der Waals surface area contributed by atoms with Gasteiger partial charge < -0.3 is 4.74 Å². The maximum Gasteiger partial charge on any atom is 0.356 e. The minimum absolute atomic E-state index is 0.0199. The van der Waals surface area contributed by atoms with Gasteiger partial charge in [0.25, 0.3) is 10.0 Å². The third-order valence-corrected chi connectivity index (χ3v) is 7.73. The number of halogens is 1. The Morgan fingerprint density at radius 3 is 2.21 bits per heavy atom. The average molecular weight is 524 g/mol. The molecule has 0 aliphatic rings. The number of para-hydroxylation sites is 1. The molecule has 33 heavy (non-hydrogen) atoms. The molecule has 0 radical (unpaired) electrons. The Morgan fingerprint density at radius 1 is 0.939 bits per heavy atom. The van der Waals surface area contributed by atoms with E-state index in [2.05, 4.69) is 15.9 Å². The van der Waals surface area contributed by atoms with Crippen molar-refractivity contribution in [2.45, 2.75) is 18.2 Å². The molecule has 0 aliphatic carbocycles. The minimum Gasteiger partial charge on any atom is -0.461 e. The van der Waals surface area contributed by atoms with E-state index in [9.17, 15) is 13.2 Å². The van der Waals surface area contributed by atoms with Gasteiger partial charge in [-0.1, -0.05) is 88.7 Å². The van der Waals surface area contributed by atoms with Crippen LogP contribution in [0.5, 0.6) is 0 Å². The molecule has 0 bridgehead atoms. The van der Waals surface area contributed by atoms with Crippen molar-refractivity contribution in [1.29, 1.82) is 0 Å². The van der Waals surface area contributed by atoms with E-state index in [1.165, 1.54) is 12.1 Å². The Kier molecular flexibility index (Phi) is 6.81. The molecule has 0 atom stereocenters. The molecule has 0 saturated carbocycles. The van der Waals surface area contributed by atoms with E-state index in [4.69, 9.17) is 4.74 Å². The van der Waals surface area contributed by atoms with Gasteiger partial charge in [0, 0.05) is 9.87 Å². The fourth-order valence-electron chi connectivity index (χ4n) is 3.74. The molecule has 3 aromatic carbocycles. The fraction of sp³-hybridized carbons (Fsp3) is 0.115. The zero-order valence-corrected chi connectivity index (χ0v) is 20.3. The summed E-state index contributed by atoms with van der Waals surface area (Å²) in [6.07, 6.45) is 2.26. The largest absolute Gasteiger partial charge is 0.461 e. The van der Waals surface area contributed by atoms with Gasteiger partial charge in [-0.3, -0.25) is 0 Å². The van der Waals surface area contributed by atoms with Crippen LogP contribution < -0.4 is 0 Å². The van der Waals surface area contributed by atoms with Crippen LogP contribution in [0.4, 0.5) is 0 Å². The molecule has 7 heteroatoms. The van der Waals surface area contributed by atoms with E-state index in [0.29, 0.717) is 22.9 Å². The predicted octanol–water partition coefficient (Wildman–Crippen LogP) is 6.03. The zero-order valence-electron chi connectivity index (χ0n) is 17.9. The lowest BCUT2D eigenvalue weighted by atomic mass is 10.1. The standard InChI is InChI=1S/C26H22BrNO4S/c1-2-32-26(29)25-22(17-18-23(27)19-11-5-3-6-12-19)21-15-9-10-16-24(21)28(25)33(30,31)20-13-7-4-8-14-20/h3-16,18H,2,17H2,1H3/b23-18+. The normalized spacial score (nSPS) is 12.1. The Balaban J connectivity index is 1.95. The van der Waals surface area contributed by atoms with Crippen molar-refractivity contribution in [3.8, 4) is 0 Å². The Labute approximate surface area is 201 Å². The lowest BCUT2D eigenvalue weighted by molar-refractivity contribution is 0.0517. The maximum atomic E-state index is 13.7. The first-order valence-corrected chi connectivity index (χ1v) is 12.7. The van der Waals surface area contributed by atoms with Crippen LogP contribution >= 0.6 is 15.9 Å². The number of ether oxygens (including phenoxy) is 1. The second-order valence-corrected chi connectivity index (χ2v) is 9.91. The SMILES string of the molecule is CCOC(=O)c1c(C/C=C(/Br)c2ccccc2)c2ccccc2n1S(=O)(=O)c1ccccc1. The molecule has 1 heterocycles. The predicted molar refractivity (Wildman–Crippen MR) is 134 cm³/mol. The van der Waals surface area contributed by atoms with Gasteiger partial charge in [-0.05, 0) is 42.7 Å². The first-order valence-electron chi connectivity index (χ1n) is 10.5. The summed E-state index contributed by atoms with van der Waals surface area (Å²) in [4.78, 5) is 13.2. The topological polar surface area (TPSA) is 65.4 Å². The average Bonchev–Trinajstić information content (AvgIpc) is 3.19. The number of allylic oxidation sites excluding steroid dienone is 1. The van der Waals surface area contributed by atoms with Crippen molar-refractivity contribution in [3.63, 3.8) is 0 Å². The Hall–Kier alpha value is -3.16. The molecule has 168 valence electrons. The number of rotatable bonds is 7. The summed E-state index contributed by atoms with van der Waals surface area (Å²) in [6.45, 7) is 1.83. The van der Waals surface area contributed by atoms with Crippen molar-refractivity contribution in [1.82, 2.24) is 3.97 Å². The van der Waals surface area contributed by atoms with Gasteiger partial charge in [-0.15, -0.1) is 0 Å².